The Morgan fingerprint density at radius 2 is 1.89 bits per heavy atom. The number of nitrogens with two attached hydrogens (primary N) is 1. The molecule has 0 aliphatic rings. The van der Waals surface area contributed by atoms with Crippen molar-refractivity contribution in [3.63, 3.8) is 0 Å². The van der Waals surface area contributed by atoms with Crippen molar-refractivity contribution < 1.29 is 18.0 Å². The molecule has 1 aromatic heterocycles. The number of amides is 2. The maximum atomic E-state index is 12.9. The lowest BCUT2D eigenvalue weighted by molar-refractivity contribution is -0.142. The van der Waals surface area contributed by atoms with Gasteiger partial charge in [-0.25, -0.2) is 9.48 Å². The average Bonchev–Trinajstić information content (AvgIpc) is 2.73. The third kappa shape index (κ3) is 2.84. The second-order valence-corrected chi connectivity index (χ2v) is 3.65. The third-order valence-electron chi connectivity index (χ3n) is 2.25. The van der Waals surface area contributed by atoms with E-state index in [1.165, 1.54) is 12.1 Å². The van der Waals surface area contributed by atoms with Crippen LogP contribution in [-0.4, -0.2) is 15.8 Å². The van der Waals surface area contributed by atoms with E-state index in [1.54, 1.807) is 18.2 Å². The van der Waals surface area contributed by atoms with Gasteiger partial charge >= 0.3 is 12.2 Å². The van der Waals surface area contributed by atoms with Gasteiger partial charge in [-0.2, -0.15) is 13.2 Å². The van der Waals surface area contributed by atoms with Crippen LogP contribution in [0, 0.1) is 0 Å². The summed E-state index contributed by atoms with van der Waals surface area (Å²) in [5.74, 6) is -0.260. The minimum absolute atomic E-state index is 0.229. The number of halogens is 3. The fraction of sp³-hybridized carbons (Fsp3) is 0.0909. The first-order valence-electron chi connectivity index (χ1n) is 5.17. The molecule has 0 spiro atoms. The summed E-state index contributed by atoms with van der Waals surface area (Å²) in [6.07, 6.45) is -4.60. The Morgan fingerprint density at radius 3 is 2.42 bits per heavy atom. The smallest absolute Gasteiger partial charge is 0.351 e. The molecule has 0 saturated carbocycles. The Hall–Kier alpha value is -2.51. The second-order valence-electron chi connectivity index (χ2n) is 3.65. The lowest BCUT2D eigenvalue weighted by Gasteiger charge is -2.09. The van der Waals surface area contributed by atoms with Crippen molar-refractivity contribution >= 4 is 11.8 Å². The Balaban J connectivity index is 2.52. The van der Waals surface area contributed by atoms with Crippen molar-refractivity contribution in [2.75, 3.05) is 5.32 Å². The van der Waals surface area contributed by atoms with E-state index in [4.69, 9.17) is 5.73 Å². The number of alkyl halides is 3. The molecule has 5 nitrogen and oxygen atoms in total. The van der Waals surface area contributed by atoms with Crippen molar-refractivity contribution in [1.29, 1.82) is 0 Å². The number of rotatable bonds is 2. The predicted molar refractivity (Wildman–Crippen MR) is 61.8 cm³/mol. The van der Waals surface area contributed by atoms with E-state index in [0.717, 1.165) is 6.07 Å². The molecular formula is C11H9F3N4O. The number of primary amides is 1. The van der Waals surface area contributed by atoms with Gasteiger partial charge in [-0.05, 0) is 12.1 Å². The van der Waals surface area contributed by atoms with E-state index in [2.05, 4.69) is 5.10 Å². The van der Waals surface area contributed by atoms with Gasteiger partial charge in [0.15, 0.2) is 5.82 Å². The highest BCUT2D eigenvalue weighted by Crippen LogP contribution is 2.32. The number of hydrogen-bond acceptors (Lipinski definition) is 2. The van der Waals surface area contributed by atoms with Crippen LogP contribution >= 0.6 is 0 Å². The first-order chi connectivity index (χ1) is 8.88. The van der Waals surface area contributed by atoms with E-state index >= 15 is 0 Å². The quantitative estimate of drug-likeness (QED) is 0.879. The molecule has 0 bridgehead atoms. The highest BCUT2D eigenvalue weighted by molar-refractivity contribution is 5.86. The van der Waals surface area contributed by atoms with E-state index in [9.17, 15) is 18.0 Å². The van der Waals surface area contributed by atoms with Crippen LogP contribution in [0.2, 0.25) is 0 Å². The molecular weight excluding hydrogens is 261 g/mol. The largest absolute Gasteiger partial charge is 0.433 e. The molecule has 3 N–H and O–H groups in total. The molecule has 0 radical (unpaired) electrons. The Morgan fingerprint density at radius 1 is 1.26 bits per heavy atom. The molecule has 0 saturated heterocycles. The first-order valence-corrected chi connectivity index (χ1v) is 5.17. The first kappa shape index (κ1) is 12.9. The van der Waals surface area contributed by atoms with Crippen LogP contribution < -0.4 is 11.1 Å². The number of aromatic nitrogens is 2. The number of para-hydroxylation sites is 1. The fourth-order valence-electron chi connectivity index (χ4n) is 1.54. The van der Waals surface area contributed by atoms with Crippen LogP contribution in [0.5, 0.6) is 0 Å². The summed E-state index contributed by atoms with van der Waals surface area (Å²) in [4.78, 5) is 10.7. The lowest BCUT2D eigenvalue weighted by atomic mass is 10.3. The number of benzene rings is 1. The van der Waals surface area contributed by atoms with E-state index in [0.29, 0.717) is 4.68 Å². The van der Waals surface area contributed by atoms with Crippen molar-refractivity contribution in [2.45, 2.75) is 6.18 Å². The minimum Gasteiger partial charge on any atom is -0.351 e. The van der Waals surface area contributed by atoms with Gasteiger partial charge in [0.05, 0.1) is 5.69 Å². The van der Waals surface area contributed by atoms with Gasteiger partial charge in [0.25, 0.3) is 0 Å². The molecule has 8 heteroatoms. The number of anilines is 1. The maximum absolute atomic E-state index is 12.9. The summed E-state index contributed by atoms with van der Waals surface area (Å²) < 4.78 is 39.3. The normalized spacial score (nSPS) is 11.3. The molecule has 2 aromatic rings. The van der Waals surface area contributed by atoms with Crippen molar-refractivity contribution in [3.8, 4) is 5.69 Å². The highest BCUT2D eigenvalue weighted by Gasteiger charge is 2.36. The second kappa shape index (κ2) is 4.63. The minimum atomic E-state index is -4.60. The average molecular weight is 270 g/mol. The summed E-state index contributed by atoms with van der Waals surface area (Å²) in [5.41, 5.74) is 4.08. The molecule has 19 heavy (non-hydrogen) atoms. The fourth-order valence-corrected chi connectivity index (χ4v) is 1.54. The molecule has 0 unspecified atom stereocenters. The Labute approximate surface area is 105 Å². The number of nitrogens with zero attached hydrogens (tertiary/aromatic N) is 2. The summed E-state index contributed by atoms with van der Waals surface area (Å²) in [6.45, 7) is 0. The molecule has 0 atom stereocenters. The molecule has 100 valence electrons. The molecule has 2 amide bonds. The van der Waals surface area contributed by atoms with E-state index in [1.807, 2.05) is 5.32 Å². The lowest BCUT2D eigenvalue weighted by Crippen LogP contribution is -2.19. The van der Waals surface area contributed by atoms with Crippen molar-refractivity contribution in [2.24, 2.45) is 5.73 Å². The van der Waals surface area contributed by atoms with Crippen LogP contribution in [0.3, 0.4) is 0 Å². The van der Waals surface area contributed by atoms with Gasteiger partial charge in [0, 0.05) is 6.07 Å². The molecule has 0 aliphatic carbocycles. The van der Waals surface area contributed by atoms with Crippen molar-refractivity contribution in [1.82, 2.24) is 9.78 Å². The zero-order valence-electron chi connectivity index (χ0n) is 9.48. The molecule has 0 aliphatic heterocycles. The third-order valence-corrected chi connectivity index (χ3v) is 2.25. The van der Waals surface area contributed by atoms with Crippen LogP contribution in [-0.2, 0) is 6.18 Å². The Bertz CT molecular complexity index is 592. The summed E-state index contributed by atoms with van der Waals surface area (Å²) in [7, 11) is 0. The van der Waals surface area contributed by atoms with Gasteiger partial charge in [0.2, 0.25) is 0 Å². The van der Waals surface area contributed by atoms with Crippen LogP contribution in [0.4, 0.5) is 23.8 Å². The summed E-state index contributed by atoms with van der Waals surface area (Å²) in [6, 6.07) is 7.51. The highest BCUT2D eigenvalue weighted by atomic mass is 19.4. The molecule has 0 fully saturated rings. The van der Waals surface area contributed by atoms with Gasteiger partial charge in [0.1, 0.15) is 5.69 Å². The Kier molecular flexibility index (Phi) is 3.16. The van der Waals surface area contributed by atoms with Gasteiger partial charge in [-0.1, -0.05) is 18.2 Å². The monoisotopic (exact) mass is 270 g/mol. The molecule has 1 heterocycles. The maximum Gasteiger partial charge on any atom is 0.433 e. The van der Waals surface area contributed by atoms with Gasteiger partial charge in [-0.15, -0.1) is 5.10 Å². The number of carbonyl (C=O) groups excluding carboxylic acids is 1. The van der Waals surface area contributed by atoms with E-state index in [-0.39, 0.29) is 11.5 Å². The molecule has 1 aromatic carbocycles. The van der Waals surface area contributed by atoms with Gasteiger partial charge in [-0.3, -0.25) is 5.32 Å². The van der Waals surface area contributed by atoms with E-state index < -0.39 is 17.9 Å². The van der Waals surface area contributed by atoms with Crippen LogP contribution in [0.1, 0.15) is 5.69 Å². The zero-order chi connectivity index (χ0) is 14.0. The predicted octanol–water partition coefficient (Wildman–Crippen LogP) is 2.38. The number of nitrogens with one attached hydrogen (secondary N) is 1. The van der Waals surface area contributed by atoms with Gasteiger partial charge < -0.3 is 5.73 Å². The van der Waals surface area contributed by atoms with Crippen LogP contribution in [0.25, 0.3) is 5.69 Å². The SMILES string of the molecule is NC(=O)Nc1cc(C(F)(F)F)n(-c2ccccc2)n1. The van der Waals surface area contributed by atoms with Crippen LogP contribution in [0.15, 0.2) is 36.4 Å². The zero-order valence-corrected chi connectivity index (χ0v) is 9.48. The summed E-state index contributed by atoms with van der Waals surface area (Å²) >= 11 is 0. The molecule has 2 rings (SSSR count). The topological polar surface area (TPSA) is 72.9 Å². The number of urea groups is 1. The summed E-state index contributed by atoms with van der Waals surface area (Å²) in [5, 5.41) is 5.69. The number of hydrogen-bond donors (Lipinski definition) is 2. The number of carbonyl (C=O) groups is 1. The standard InChI is InChI=1S/C11H9F3N4O/c12-11(13,14)8-6-9(16-10(15)19)17-18(8)7-4-2-1-3-5-7/h1-6H,(H3,15,16,17,19). The van der Waals surface area contributed by atoms with Crippen molar-refractivity contribution in [3.05, 3.63) is 42.1 Å².